The molecule has 0 radical (unpaired) electrons. The fourth-order valence-electron chi connectivity index (χ4n) is 2.25. The SMILES string of the molecule is CCOc1ccc(C=NNC(=O)CC(=O)Nc2ccc(Cl)cc2)cc1OCC. The zero-order chi connectivity index (χ0) is 20.4. The van der Waals surface area contributed by atoms with E-state index in [4.69, 9.17) is 21.1 Å². The van der Waals surface area contributed by atoms with Crippen molar-refractivity contribution in [3.63, 3.8) is 0 Å². The summed E-state index contributed by atoms with van der Waals surface area (Å²) in [5, 5.41) is 7.04. The Morgan fingerprint density at radius 1 is 1.00 bits per heavy atom. The molecule has 0 aliphatic carbocycles. The van der Waals surface area contributed by atoms with Gasteiger partial charge in [0.1, 0.15) is 6.42 Å². The third-order valence-electron chi connectivity index (χ3n) is 3.42. The average molecular weight is 404 g/mol. The van der Waals surface area contributed by atoms with Gasteiger partial charge in [-0.05, 0) is 61.9 Å². The molecule has 2 amide bonds. The molecule has 0 aromatic heterocycles. The van der Waals surface area contributed by atoms with Crippen LogP contribution in [0.15, 0.2) is 47.6 Å². The van der Waals surface area contributed by atoms with Gasteiger partial charge in [-0.25, -0.2) is 5.43 Å². The number of ether oxygens (including phenoxy) is 2. The van der Waals surface area contributed by atoms with Gasteiger partial charge in [0.15, 0.2) is 11.5 Å². The summed E-state index contributed by atoms with van der Waals surface area (Å²) < 4.78 is 11.0. The summed E-state index contributed by atoms with van der Waals surface area (Å²) in [5.74, 6) is 0.264. The Bertz CT molecular complexity index is 838. The molecule has 0 atom stereocenters. The molecule has 148 valence electrons. The molecule has 7 nitrogen and oxygen atoms in total. The van der Waals surface area contributed by atoms with Gasteiger partial charge in [0, 0.05) is 10.7 Å². The predicted molar refractivity (Wildman–Crippen MR) is 109 cm³/mol. The number of nitrogens with zero attached hydrogens (tertiary/aromatic N) is 1. The molecule has 0 aliphatic heterocycles. The van der Waals surface area contributed by atoms with E-state index in [0.29, 0.717) is 35.4 Å². The molecule has 28 heavy (non-hydrogen) atoms. The van der Waals surface area contributed by atoms with Crippen LogP contribution in [0.3, 0.4) is 0 Å². The van der Waals surface area contributed by atoms with Gasteiger partial charge >= 0.3 is 0 Å². The first-order chi connectivity index (χ1) is 13.5. The van der Waals surface area contributed by atoms with Crippen molar-refractivity contribution in [1.29, 1.82) is 0 Å². The minimum atomic E-state index is -0.529. The number of amides is 2. The summed E-state index contributed by atoms with van der Waals surface area (Å²) in [6, 6.07) is 11.9. The van der Waals surface area contributed by atoms with Crippen LogP contribution in [0, 0.1) is 0 Å². The highest BCUT2D eigenvalue weighted by Gasteiger charge is 2.09. The van der Waals surface area contributed by atoms with Gasteiger partial charge in [0.2, 0.25) is 11.8 Å². The van der Waals surface area contributed by atoms with Gasteiger partial charge in [0.05, 0.1) is 19.4 Å². The van der Waals surface area contributed by atoms with E-state index in [-0.39, 0.29) is 6.42 Å². The largest absolute Gasteiger partial charge is 0.490 e. The molecule has 0 unspecified atom stereocenters. The van der Waals surface area contributed by atoms with E-state index in [0.717, 1.165) is 5.56 Å². The maximum Gasteiger partial charge on any atom is 0.249 e. The van der Waals surface area contributed by atoms with E-state index < -0.39 is 11.8 Å². The van der Waals surface area contributed by atoms with Crippen molar-refractivity contribution in [2.75, 3.05) is 18.5 Å². The maximum atomic E-state index is 11.9. The summed E-state index contributed by atoms with van der Waals surface area (Å²) in [6.45, 7) is 4.80. The molecule has 0 spiro atoms. The molecule has 0 fully saturated rings. The van der Waals surface area contributed by atoms with Crippen molar-refractivity contribution in [3.05, 3.63) is 53.1 Å². The van der Waals surface area contributed by atoms with Crippen LogP contribution < -0.4 is 20.2 Å². The number of rotatable bonds is 9. The quantitative estimate of drug-likeness (QED) is 0.380. The highest BCUT2D eigenvalue weighted by molar-refractivity contribution is 6.30. The molecule has 2 rings (SSSR count). The lowest BCUT2D eigenvalue weighted by Crippen LogP contribution is -2.24. The van der Waals surface area contributed by atoms with Crippen molar-refractivity contribution < 1.29 is 19.1 Å². The highest BCUT2D eigenvalue weighted by atomic mass is 35.5. The number of hydrogen-bond acceptors (Lipinski definition) is 5. The first-order valence-electron chi connectivity index (χ1n) is 8.78. The number of anilines is 1. The van der Waals surface area contributed by atoms with Crippen molar-refractivity contribution in [3.8, 4) is 11.5 Å². The van der Waals surface area contributed by atoms with Gasteiger partial charge < -0.3 is 14.8 Å². The molecular formula is C20H22ClN3O4. The molecule has 2 N–H and O–H groups in total. The monoisotopic (exact) mass is 403 g/mol. The number of benzene rings is 2. The molecule has 8 heteroatoms. The number of carbonyl (C=O) groups is 2. The molecule has 2 aromatic carbocycles. The van der Waals surface area contributed by atoms with Crippen LogP contribution >= 0.6 is 11.6 Å². The fraction of sp³-hybridized carbons (Fsp3) is 0.250. The molecule has 0 bridgehead atoms. The molecule has 0 saturated heterocycles. The van der Waals surface area contributed by atoms with E-state index in [1.807, 2.05) is 13.8 Å². The lowest BCUT2D eigenvalue weighted by atomic mass is 10.2. The van der Waals surface area contributed by atoms with E-state index in [2.05, 4.69) is 15.8 Å². The lowest BCUT2D eigenvalue weighted by Gasteiger charge is -2.11. The van der Waals surface area contributed by atoms with Gasteiger partial charge in [0.25, 0.3) is 0 Å². The zero-order valence-electron chi connectivity index (χ0n) is 15.7. The average Bonchev–Trinajstić information content (AvgIpc) is 2.66. The summed E-state index contributed by atoms with van der Waals surface area (Å²) in [5.41, 5.74) is 3.60. The van der Waals surface area contributed by atoms with Crippen molar-refractivity contribution >= 4 is 35.3 Å². The van der Waals surface area contributed by atoms with Crippen LogP contribution in [-0.4, -0.2) is 31.2 Å². The van der Waals surface area contributed by atoms with Crippen molar-refractivity contribution in [2.24, 2.45) is 5.10 Å². The molecule has 2 aromatic rings. The van der Waals surface area contributed by atoms with Crippen molar-refractivity contribution in [1.82, 2.24) is 5.43 Å². The van der Waals surface area contributed by atoms with Gasteiger partial charge in [-0.3, -0.25) is 9.59 Å². The fourth-order valence-corrected chi connectivity index (χ4v) is 2.38. The smallest absolute Gasteiger partial charge is 0.249 e. The Kier molecular flexibility index (Phi) is 8.30. The van der Waals surface area contributed by atoms with E-state index in [1.165, 1.54) is 6.21 Å². The summed E-state index contributed by atoms with van der Waals surface area (Å²) in [4.78, 5) is 23.7. The third-order valence-corrected chi connectivity index (χ3v) is 3.67. The summed E-state index contributed by atoms with van der Waals surface area (Å²) in [7, 11) is 0. The number of halogens is 1. The van der Waals surface area contributed by atoms with Crippen molar-refractivity contribution in [2.45, 2.75) is 20.3 Å². The first kappa shape index (κ1) is 21.2. The Balaban J connectivity index is 1.87. The zero-order valence-corrected chi connectivity index (χ0v) is 16.5. The van der Waals surface area contributed by atoms with Crippen LogP contribution in [-0.2, 0) is 9.59 Å². The Morgan fingerprint density at radius 3 is 2.36 bits per heavy atom. The van der Waals surface area contributed by atoms with E-state index >= 15 is 0 Å². The second-order valence-electron chi connectivity index (χ2n) is 5.60. The standard InChI is InChI=1S/C20H22ClN3O4/c1-3-27-17-10-5-14(11-18(17)28-4-2)13-22-24-20(26)12-19(25)23-16-8-6-15(21)7-9-16/h5-11,13H,3-4,12H2,1-2H3,(H,23,25)(H,24,26). The minimum Gasteiger partial charge on any atom is -0.490 e. The second-order valence-corrected chi connectivity index (χ2v) is 6.03. The summed E-state index contributed by atoms with van der Waals surface area (Å²) >= 11 is 5.78. The number of hydrazone groups is 1. The van der Waals surface area contributed by atoms with Crippen LogP contribution in [0.4, 0.5) is 5.69 Å². The molecular weight excluding hydrogens is 382 g/mol. The van der Waals surface area contributed by atoms with E-state index in [1.54, 1.807) is 42.5 Å². The number of nitrogens with one attached hydrogen (secondary N) is 2. The van der Waals surface area contributed by atoms with Crippen LogP contribution in [0.2, 0.25) is 5.02 Å². The molecule has 0 heterocycles. The molecule has 0 aliphatic rings. The Labute approximate surface area is 168 Å². The van der Waals surface area contributed by atoms with Crippen LogP contribution in [0.5, 0.6) is 11.5 Å². The van der Waals surface area contributed by atoms with E-state index in [9.17, 15) is 9.59 Å². The lowest BCUT2D eigenvalue weighted by molar-refractivity contribution is -0.126. The topological polar surface area (TPSA) is 89.0 Å². The minimum absolute atomic E-state index is 0.354. The number of hydrogen-bond donors (Lipinski definition) is 2. The van der Waals surface area contributed by atoms with Crippen LogP contribution in [0.25, 0.3) is 0 Å². The van der Waals surface area contributed by atoms with Gasteiger partial charge in [-0.1, -0.05) is 11.6 Å². The molecule has 0 saturated carbocycles. The Morgan fingerprint density at radius 2 is 1.68 bits per heavy atom. The maximum absolute atomic E-state index is 11.9. The first-order valence-corrected chi connectivity index (χ1v) is 9.16. The summed E-state index contributed by atoms with van der Waals surface area (Å²) in [6.07, 6.45) is 1.11. The normalized spacial score (nSPS) is 10.5. The third kappa shape index (κ3) is 6.92. The second kappa shape index (κ2) is 10.9. The number of carbonyl (C=O) groups excluding carboxylic acids is 2. The van der Waals surface area contributed by atoms with Gasteiger partial charge in [-0.2, -0.15) is 5.10 Å². The van der Waals surface area contributed by atoms with Crippen LogP contribution in [0.1, 0.15) is 25.8 Å². The predicted octanol–water partition coefficient (Wildman–Crippen LogP) is 3.62. The van der Waals surface area contributed by atoms with Gasteiger partial charge in [-0.15, -0.1) is 0 Å². The highest BCUT2D eigenvalue weighted by Crippen LogP contribution is 2.27. The Hall–Kier alpha value is -3.06.